The minimum absolute atomic E-state index is 0.0386. The van der Waals surface area contributed by atoms with E-state index in [9.17, 15) is 17.8 Å². The van der Waals surface area contributed by atoms with Crippen molar-refractivity contribution in [3.05, 3.63) is 23.4 Å². The van der Waals surface area contributed by atoms with Crippen molar-refractivity contribution in [3.63, 3.8) is 0 Å². The van der Waals surface area contributed by atoms with E-state index < -0.39 is 21.8 Å². The normalized spacial score (nSPS) is 18.4. The van der Waals surface area contributed by atoms with Crippen LogP contribution in [-0.2, 0) is 27.8 Å². The molecule has 1 atom stereocenters. The highest BCUT2D eigenvalue weighted by atomic mass is 32.2. The van der Waals surface area contributed by atoms with Gasteiger partial charge in [0.1, 0.15) is 5.60 Å². The summed E-state index contributed by atoms with van der Waals surface area (Å²) in [4.78, 5) is 18.5. The molecule has 0 spiro atoms. The molecule has 0 fully saturated rings. The summed E-state index contributed by atoms with van der Waals surface area (Å²) in [5.41, 5.74) is 0.711. The second-order valence-corrected chi connectivity index (χ2v) is 10.3. The molecule has 2 rings (SSSR count). The SMILES string of the molecule is CC(C)(C)CC1Cc2nc(S(=O)(=O)O)ccc2CN1C(=O)OC(C)(C)C. The van der Waals surface area contributed by atoms with Gasteiger partial charge in [-0.3, -0.25) is 4.55 Å². The Morgan fingerprint density at radius 1 is 1.27 bits per heavy atom. The van der Waals surface area contributed by atoms with Gasteiger partial charge in [0.25, 0.3) is 0 Å². The summed E-state index contributed by atoms with van der Waals surface area (Å²) in [6.07, 6.45) is 0.731. The highest BCUT2D eigenvalue weighted by Crippen LogP contribution is 2.32. The molecular weight excluding hydrogens is 356 g/mol. The number of carbonyl (C=O) groups is 1. The number of hydrogen-bond acceptors (Lipinski definition) is 5. The zero-order valence-corrected chi connectivity index (χ0v) is 17.1. The summed E-state index contributed by atoms with van der Waals surface area (Å²) < 4.78 is 37.5. The summed E-state index contributed by atoms with van der Waals surface area (Å²) in [6, 6.07) is 2.68. The van der Waals surface area contributed by atoms with Crippen LogP contribution in [-0.4, -0.2) is 40.6 Å². The summed E-state index contributed by atoms with van der Waals surface area (Å²) in [5.74, 6) is 0. The van der Waals surface area contributed by atoms with Gasteiger partial charge in [-0.15, -0.1) is 0 Å². The van der Waals surface area contributed by atoms with Gasteiger partial charge in [0, 0.05) is 18.2 Å². The van der Waals surface area contributed by atoms with Gasteiger partial charge in [-0.25, -0.2) is 9.78 Å². The average molecular weight is 384 g/mol. The zero-order chi connectivity index (χ0) is 19.9. The second kappa shape index (κ2) is 6.81. The number of amides is 1. The Morgan fingerprint density at radius 3 is 2.38 bits per heavy atom. The number of carbonyl (C=O) groups excluding carboxylic acids is 1. The molecular formula is C18H28N2O5S. The predicted octanol–water partition coefficient (Wildman–Crippen LogP) is 3.43. The second-order valence-electron chi connectivity index (χ2n) is 8.96. The lowest BCUT2D eigenvalue weighted by atomic mass is 9.84. The molecule has 1 amide bonds. The largest absolute Gasteiger partial charge is 0.444 e. The van der Waals surface area contributed by atoms with Crippen molar-refractivity contribution in [2.45, 2.75) is 77.6 Å². The minimum atomic E-state index is -4.36. The lowest BCUT2D eigenvalue weighted by molar-refractivity contribution is 0.00716. The number of pyridine rings is 1. The van der Waals surface area contributed by atoms with Gasteiger partial charge in [0.15, 0.2) is 5.03 Å². The van der Waals surface area contributed by atoms with Crippen LogP contribution in [0.25, 0.3) is 0 Å². The van der Waals surface area contributed by atoms with E-state index in [1.807, 2.05) is 20.8 Å². The van der Waals surface area contributed by atoms with Crippen molar-refractivity contribution in [2.75, 3.05) is 0 Å². The molecule has 0 saturated carbocycles. The Labute approximate surface area is 155 Å². The fourth-order valence-electron chi connectivity index (χ4n) is 3.04. The molecule has 0 saturated heterocycles. The molecule has 1 unspecified atom stereocenters. The molecule has 0 aliphatic carbocycles. The van der Waals surface area contributed by atoms with E-state index >= 15 is 0 Å². The lowest BCUT2D eigenvalue weighted by Crippen LogP contribution is -2.48. The first-order valence-corrected chi connectivity index (χ1v) is 10.1. The van der Waals surface area contributed by atoms with Crippen molar-refractivity contribution in [1.82, 2.24) is 9.88 Å². The molecule has 1 aromatic heterocycles. The van der Waals surface area contributed by atoms with Gasteiger partial charge >= 0.3 is 16.2 Å². The molecule has 2 heterocycles. The zero-order valence-electron chi connectivity index (χ0n) is 16.2. The van der Waals surface area contributed by atoms with Gasteiger partial charge in [-0.05, 0) is 44.2 Å². The van der Waals surface area contributed by atoms with Crippen molar-refractivity contribution in [2.24, 2.45) is 5.41 Å². The highest BCUT2D eigenvalue weighted by Gasteiger charge is 2.36. The Morgan fingerprint density at radius 2 is 1.88 bits per heavy atom. The molecule has 7 nitrogen and oxygen atoms in total. The molecule has 146 valence electrons. The van der Waals surface area contributed by atoms with Gasteiger partial charge in [-0.1, -0.05) is 26.8 Å². The van der Waals surface area contributed by atoms with Crippen LogP contribution in [0.2, 0.25) is 0 Å². The molecule has 8 heteroatoms. The van der Waals surface area contributed by atoms with Gasteiger partial charge in [0.05, 0.1) is 6.54 Å². The van der Waals surface area contributed by atoms with E-state index in [0.717, 1.165) is 5.56 Å². The van der Waals surface area contributed by atoms with Crippen LogP contribution < -0.4 is 0 Å². The van der Waals surface area contributed by atoms with Crippen LogP contribution in [0, 0.1) is 5.41 Å². The molecule has 26 heavy (non-hydrogen) atoms. The molecule has 1 aliphatic heterocycles. The summed E-state index contributed by atoms with van der Waals surface area (Å²) in [7, 11) is -4.36. The third-order valence-corrected chi connectivity index (χ3v) is 4.75. The van der Waals surface area contributed by atoms with Crippen molar-refractivity contribution >= 4 is 16.2 Å². The van der Waals surface area contributed by atoms with Gasteiger partial charge in [-0.2, -0.15) is 8.42 Å². The van der Waals surface area contributed by atoms with Crippen molar-refractivity contribution in [3.8, 4) is 0 Å². The molecule has 0 bridgehead atoms. The Bertz CT molecular complexity index is 791. The van der Waals surface area contributed by atoms with E-state index in [4.69, 9.17) is 4.74 Å². The fraction of sp³-hybridized carbons (Fsp3) is 0.667. The number of fused-ring (bicyclic) bond motifs is 1. The number of rotatable bonds is 2. The van der Waals surface area contributed by atoms with Crippen molar-refractivity contribution in [1.29, 1.82) is 0 Å². The van der Waals surface area contributed by atoms with Crippen LogP contribution in [0.3, 0.4) is 0 Å². The number of aromatic nitrogens is 1. The monoisotopic (exact) mass is 384 g/mol. The summed E-state index contributed by atoms with van der Waals surface area (Å²) >= 11 is 0. The smallest absolute Gasteiger partial charge is 0.410 e. The van der Waals surface area contributed by atoms with E-state index in [2.05, 4.69) is 25.8 Å². The summed E-state index contributed by atoms with van der Waals surface area (Å²) in [6.45, 7) is 12.0. The highest BCUT2D eigenvalue weighted by molar-refractivity contribution is 7.85. The predicted molar refractivity (Wildman–Crippen MR) is 97.4 cm³/mol. The maximum Gasteiger partial charge on any atom is 0.410 e. The van der Waals surface area contributed by atoms with Crippen LogP contribution >= 0.6 is 0 Å². The number of hydrogen-bond donors (Lipinski definition) is 1. The van der Waals surface area contributed by atoms with Crippen LogP contribution in [0.1, 0.15) is 59.2 Å². The first-order chi connectivity index (χ1) is 11.7. The third kappa shape index (κ3) is 5.41. The average Bonchev–Trinajstić information content (AvgIpc) is 2.41. The molecule has 0 aromatic carbocycles. The Hall–Kier alpha value is -1.67. The van der Waals surface area contributed by atoms with E-state index in [1.165, 1.54) is 6.07 Å². The number of ether oxygens (including phenoxy) is 1. The van der Waals surface area contributed by atoms with Gasteiger partial charge in [0.2, 0.25) is 0 Å². The Balaban J connectivity index is 2.38. The van der Waals surface area contributed by atoms with Crippen LogP contribution in [0.4, 0.5) is 4.79 Å². The van der Waals surface area contributed by atoms with Crippen LogP contribution in [0.15, 0.2) is 17.2 Å². The fourth-order valence-corrected chi connectivity index (χ4v) is 3.51. The van der Waals surface area contributed by atoms with E-state index in [-0.39, 0.29) is 16.5 Å². The molecule has 1 aromatic rings. The standard InChI is InChI=1S/C18H28N2O5S/c1-17(2,3)10-13-9-14-12(7-8-15(19-14)26(22,23)24)11-20(13)16(21)25-18(4,5)6/h7-8,13H,9-11H2,1-6H3,(H,22,23,24). The minimum Gasteiger partial charge on any atom is -0.444 e. The lowest BCUT2D eigenvalue weighted by Gasteiger charge is -2.40. The quantitative estimate of drug-likeness (QED) is 0.785. The Kier molecular flexibility index (Phi) is 5.41. The molecule has 1 aliphatic rings. The van der Waals surface area contributed by atoms with Crippen molar-refractivity contribution < 1.29 is 22.5 Å². The maximum atomic E-state index is 12.7. The third-order valence-electron chi connectivity index (χ3n) is 3.99. The van der Waals surface area contributed by atoms with Gasteiger partial charge < -0.3 is 9.64 Å². The first kappa shape index (κ1) is 20.6. The van der Waals surface area contributed by atoms with E-state index in [1.54, 1.807) is 11.0 Å². The topological polar surface area (TPSA) is 96.8 Å². The number of nitrogens with zero attached hydrogens (tertiary/aromatic N) is 2. The maximum absolute atomic E-state index is 12.7. The van der Waals surface area contributed by atoms with Crippen LogP contribution in [0.5, 0.6) is 0 Å². The first-order valence-electron chi connectivity index (χ1n) is 8.62. The van der Waals surface area contributed by atoms with E-state index in [0.29, 0.717) is 25.1 Å². The molecule has 0 radical (unpaired) electrons. The molecule has 1 N–H and O–H groups in total. The summed E-state index contributed by atoms with van der Waals surface area (Å²) in [5, 5.41) is -0.364.